The molecule has 0 N–H and O–H groups in total. The average molecular weight is 287 g/mol. The van der Waals surface area contributed by atoms with E-state index >= 15 is 0 Å². The average Bonchev–Trinajstić information content (AvgIpc) is 2.31. The van der Waals surface area contributed by atoms with Gasteiger partial charge < -0.3 is 9.47 Å². The van der Waals surface area contributed by atoms with E-state index in [0.29, 0.717) is 28.1 Å². The molecular formula is C12H15BrO3. The Morgan fingerprint density at radius 2 is 2.19 bits per heavy atom. The van der Waals surface area contributed by atoms with Crippen LogP contribution < -0.4 is 9.47 Å². The molecule has 1 rings (SSSR count). The van der Waals surface area contributed by atoms with Crippen LogP contribution >= 0.6 is 15.9 Å². The molecule has 0 amide bonds. The molecular weight excluding hydrogens is 272 g/mol. The van der Waals surface area contributed by atoms with E-state index in [-0.39, 0.29) is 0 Å². The zero-order chi connectivity index (χ0) is 12.0. The van der Waals surface area contributed by atoms with Crippen molar-refractivity contribution in [3.63, 3.8) is 0 Å². The number of carbonyl (C=O) groups is 1. The first-order chi connectivity index (χ1) is 7.74. The zero-order valence-corrected chi connectivity index (χ0v) is 11.0. The molecule has 0 saturated heterocycles. The van der Waals surface area contributed by atoms with Crippen LogP contribution in [0.15, 0.2) is 16.6 Å². The van der Waals surface area contributed by atoms with E-state index < -0.39 is 0 Å². The summed E-state index contributed by atoms with van der Waals surface area (Å²) in [6.07, 6.45) is 2.82. The van der Waals surface area contributed by atoms with Gasteiger partial charge >= 0.3 is 0 Å². The molecule has 0 bridgehead atoms. The number of methoxy groups -OCH3 is 1. The summed E-state index contributed by atoms with van der Waals surface area (Å²) in [5.74, 6) is 1.23. The number of halogens is 1. The lowest BCUT2D eigenvalue weighted by Crippen LogP contribution is -2.01. The lowest BCUT2D eigenvalue weighted by molar-refractivity contribution is 0.112. The monoisotopic (exact) mass is 286 g/mol. The largest absolute Gasteiger partial charge is 0.493 e. The highest BCUT2D eigenvalue weighted by Crippen LogP contribution is 2.37. The molecule has 0 spiro atoms. The van der Waals surface area contributed by atoms with Crippen LogP contribution in [0, 0.1) is 0 Å². The molecule has 0 aliphatic heterocycles. The highest BCUT2D eigenvalue weighted by molar-refractivity contribution is 9.10. The van der Waals surface area contributed by atoms with Crippen LogP contribution in [0.1, 0.15) is 30.1 Å². The van der Waals surface area contributed by atoms with E-state index in [0.717, 1.165) is 19.1 Å². The first-order valence-corrected chi connectivity index (χ1v) is 5.98. The quantitative estimate of drug-likeness (QED) is 0.594. The van der Waals surface area contributed by atoms with Crippen LogP contribution in [0.3, 0.4) is 0 Å². The Morgan fingerprint density at radius 1 is 1.44 bits per heavy atom. The second-order valence-electron chi connectivity index (χ2n) is 3.32. The number of unbranched alkanes of at least 4 members (excludes halogenated alkanes) is 1. The summed E-state index contributed by atoms with van der Waals surface area (Å²) >= 11 is 3.35. The first-order valence-electron chi connectivity index (χ1n) is 5.19. The Kier molecular flexibility index (Phi) is 5.32. The molecule has 0 radical (unpaired) electrons. The standard InChI is InChI=1S/C12H15BrO3/c1-3-4-7-16-12-10(15-2)6-5-9(8-14)11(12)13/h5-6,8H,3-4,7H2,1-2H3. The second-order valence-corrected chi connectivity index (χ2v) is 4.11. The fourth-order valence-corrected chi connectivity index (χ4v) is 1.79. The van der Waals surface area contributed by atoms with Gasteiger partial charge in [-0.05, 0) is 34.5 Å². The van der Waals surface area contributed by atoms with Crippen LogP contribution in [0.25, 0.3) is 0 Å². The highest BCUT2D eigenvalue weighted by atomic mass is 79.9. The minimum Gasteiger partial charge on any atom is -0.493 e. The molecule has 0 aliphatic rings. The molecule has 88 valence electrons. The maximum absolute atomic E-state index is 10.8. The molecule has 0 unspecified atom stereocenters. The number of rotatable bonds is 6. The van der Waals surface area contributed by atoms with Crippen molar-refractivity contribution in [2.75, 3.05) is 13.7 Å². The topological polar surface area (TPSA) is 35.5 Å². The molecule has 1 aromatic rings. The number of benzene rings is 1. The van der Waals surface area contributed by atoms with Gasteiger partial charge in [-0.2, -0.15) is 0 Å². The van der Waals surface area contributed by atoms with Crippen molar-refractivity contribution in [1.29, 1.82) is 0 Å². The maximum atomic E-state index is 10.8. The molecule has 0 aromatic heterocycles. The fraction of sp³-hybridized carbons (Fsp3) is 0.417. The predicted molar refractivity (Wildman–Crippen MR) is 66.5 cm³/mol. The molecule has 3 nitrogen and oxygen atoms in total. The molecule has 0 aliphatic carbocycles. The van der Waals surface area contributed by atoms with E-state index in [4.69, 9.17) is 9.47 Å². The Bertz CT molecular complexity index is 364. The van der Waals surface area contributed by atoms with E-state index in [1.807, 2.05) is 0 Å². The molecule has 0 saturated carbocycles. The van der Waals surface area contributed by atoms with Crippen molar-refractivity contribution < 1.29 is 14.3 Å². The molecule has 1 aromatic carbocycles. The van der Waals surface area contributed by atoms with Gasteiger partial charge in [0.2, 0.25) is 0 Å². The predicted octanol–water partition coefficient (Wildman–Crippen LogP) is 3.45. The van der Waals surface area contributed by atoms with Crippen LogP contribution in [0.4, 0.5) is 0 Å². The Labute approximate surface area is 104 Å². The van der Waals surface area contributed by atoms with Crippen LogP contribution in [0.2, 0.25) is 0 Å². The lowest BCUT2D eigenvalue weighted by atomic mass is 10.2. The van der Waals surface area contributed by atoms with Crippen molar-refractivity contribution in [2.24, 2.45) is 0 Å². The zero-order valence-electron chi connectivity index (χ0n) is 9.46. The van der Waals surface area contributed by atoms with Gasteiger partial charge in [-0.25, -0.2) is 0 Å². The van der Waals surface area contributed by atoms with Crippen LogP contribution in [0.5, 0.6) is 11.5 Å². The molecule has 4 heteroatoms. The fourth-order valence-electron chi connectivity index (χ4n) is 1.26. The second kappa shape index (κ2) is 6.53. The molecule has 0 fully saturated rings. The molecule has 0 atom stereocenters. The first kappa shape index (κ1) is 13.0. The van der Waals surface area contributed by atoms with Crippen molar-refractivity contribution in [1.82, 2.24) is 0 Å². The summed E-state index contributed by atoms with van der Waals surface area (Å²) in [5, 5.41) is 0. The summed E-state index contributed by atoms with van der Waals surface area (Å²) in [4.78, 5) is 10.8. The summed E-state index contributed by atoms with van der Waals surface area (Å²) < 4.78 is 11.4. The Morgan fingerprint density at radius 3 is 2.75 bits per heavy atom. The third-order valence-electron chi connectivity index (χ3n) is 2.18. The van der Waals surface area contributed by atoms with Gasteiger partial charge in [0.25, 0.3) is 0 Å². The van der Waals surface area contributed by atoms with Crippen molar-refractivity contribution in [3.05, 3.63) is 22.2 Å². The number of ether oxygens (including phenoxy) is 2. The third kappa shape index (κ3) is 2.98. The van der Waals surface area contributed by atoms with Gasteiger partial charge in [-0.3, -0.25) is 4.79 Å². The van der Waals surface area contributed by atoms with Gasteiger partial charge in [-0.1, -0.05) is 13.3 Å². The van der Waals surface area contributed by atoms with Gasteiger partial charge in [0, 0.05) is 5.56 Å². The van der Waals surface area contributed by atoms with Crippen LogP contribution in [-0.2, 0) is 0 Å². The van der Waals surface area contributed by atoms with E-state index in [2.05, 4.69) is 22.9 Å². The lowest BCUT2D eigenvalue weighted by Gasteiger charge is -2.13. The van der Waals surface area contributed by atoms with Gasteiger partial charge in [-0.15, -0.1) is 0 Å². The minimum atomic E-state index is 0.562. The summed E-state index contributed by atoms with van der Waals surface area (Å²) in [6, 6.07) is 3.43. The van der Waals surface area contributed by atoms with E-state index in [1.54, 1.807) is 19.2 Å². The minimum absolute atomic E-state index is 0.562. The SMILES string of the molecule is CCCCOc1c(OC)ccc(C=O)c1Br. The molecule has 0 heterocycles. The van der Waals surface area contributed by atoms with E-state index in [1.165, 1.54) is 0 Å². The number of carbonyl (C=O) groups excluding carboxylic acids is 1. The highest BCUT2D eigenvalue weighted by Gasteiger charge is 2.12. The smallest absolute Gasteiger partial charge is 0.176 e. The summed E-state index contributed by atoms with van der Waals surface area (Å²) in [5.41, 5.74) is 0.562. The summed E-state index contributed by atoms with van der Waals surface area (Å²) in [7, 11) is 1.58. The normalized spacial score (nSPS) is 9.94. The van der Waals surface area contributed by atoms with Crippen LogP contribution in [-0.4, -0.2) is 20.0 Å². The van der Waals surface area contributed by atoms with E-state index in [9.17, 15) is 4.79 Å². The number of hydrogen-bond donors (Lipinski definition) is 0. The van der Waals surface area contributed by atoms with Gasteiger partial charge in [0.05, 0.1) is 18.2 Å². The third-order valence-corrected chi connectivity index (χ3v) is 3.00. The number of aldehydes is 1. The Balaban J connectivity index is 2.96. The van der Waals surface area contributed by atoms with Crippen molar-refractivity contribution in [2.45, 2.75) is 19.8 Å². The van der Waals surface area contributed by atoms with Crippen molar-refractivity contribution >= 4 is 22.2 Å². The summed E-state index contributed by atoms with van der Waals surface area (Å²) in [6.45, 7) is 2.71. The molecule has 16 heavy (non-hydrogen) atoms. The Hall–Kier alpha value is -1.03. The van der Waals surface area contributed by atoms with Crippen molar-refractivity contribution in [3.8, 4) is 11.5 Å². The maximum Gasteiger partial charge on any atom is 0.176 e. The number of hydrogen-bond acceptors (Lipinski definition) is 3. The van der Waals surface area contributed by atoms with Gasteiger partial charge in [0.1, 0.15) is 0 Å². The van der Waals surface area contributed by atoms with Gasteiger partial charge in [0.15, 0.2) is 17.8 Å².